The predicted molar refractivity (Wildman–Crippen MR) is 62.9 cm³/mol. The van der Waals surface area contributed by atoms with E-state index in [0.29, 0.717) is 5.75 Å². The monoisotopic (exact) mass is 223 g/mol. The van der Waals surface area contributed by atoms with Crippen LogP contribution >= 0.6 is 0 Å². The van der Waals surface area contributed by atoms with Crippen LogP contribution in [0.1, 0.15) is 32.6 Å². The van der Waals surface area contributed by atoms with Crippen LogP contribution < -0.4 is 10.5 Å². The van der Waals surface area contributed by atoms with E-state index >= 15 is 0 Å². The first-order chi connectivity index (χ1) is 7.65. The Kier molecular flexibility index (Phi) is 3.32. The third-order valence-electron chi connectivity index (χ3n) is 3.24. The average molecular weight is 223 g/mol. The van der Waals surface area contributed by atoms with E-state index in [0.717, 1.165) is 18.8 Å². The second kappa shape index (κ2) is 4.73. The lowest BCUT2D eigenvalue weighted by atomic mass is 9.89. The Bertz CT molecular complexity index is 359. The Morgan fingerprint density at radius 1 is 1.25 bits per heavy atom. The molecular formula is C13H18FNO. The molecule has 1 aromatic rings. The molecule has 16 heavy (non-hydrogen) atoms. The third kappa shape index (κ3) is 2.65. The van der Waals surface area contributed by atoms with Crippen LogP contribution in [-0.2, 0) is 0 Å². The summed E-state index contributed by atoms with van der Waals surface area (Å²) in [6.45, 7) is 2.26. The van der Waals surface area contributed by atoms with Crippen molar-refractivity contribution in [3.8, 4) is 5.75 Å². The summed E-state index contributed by atoms with van der Waals surface area (Å²) in [5.41, 5.74) is 5.58. The van der Waals surface area contributed by atoms with Crippen LogP contribution in [0.25, 0.3) is 0 Å². The number of benzene rings is 1. The number of rotatable bonds is 2. The molecule has 0 amide bonds. The molecule has 1 fully saturated rings. The zero-order valence-corrected chi connectivity index (χ0v) is 9.58. The second-order valence-corrected chi connectivity index (χ2v) is 4.68. The SMILES string of the molecule is CC1CCC(Oc2ccc(N)c(F)c2)CC1. The van der Waals surface area contributed by atoms with E-state index in [9.17, 15) is 4.39 Å². The highest BCUT2D eigenvalue weighted by molar-refractivity contribution is 5.43. The summed E-state index contributed by atoms with van der Waals surface area (Å²) in [4.78, 5) is 0. The van der Waals surface area contributed by atoms with E-state index in [2.05, 4.69) is 6.92 Å². The Hall–Kier alpha value is -1.25. The van der Waals surface area contributed by atoms with Gasteiger partial charge in [-0.15, -0.1) is 0 Å². The fourth-order valence-electron chi connectivity index (χ4n) is 2.12. The molecule has 2 N–H and O–H groups in total. The van der Waals surface area contributed by atoms with Gasteiger partial charge < -0.3 is 10.5 Å². The van der Waals surface area contributed by atoms with Crippen molar-refractivity contribution in [2.45, 2.75) is 38.7 Å². The number of ether oxygens (including phenoxy) is 1. The largest absolute Gasteiger partial charge is 0.490 e. The Labute approximate surface area is 95.6 Å². The molecule has 0 heterocycles. The number of hydrogen-bond donors (Lipinski definition) is 1. The average Bonchev–Trinajstić information content (AvgIpc) is 2.27. The summed E-state index contributed by atoms with van der Waals surface area (Å²) < 4.78 is 18.9. The molecule has 0 radical (unpaired) electrons. The lowest BCUT2D eigenvalue weighted by Crippen LogP contribution is -2.23. The third-order valence-corrected chi connectivity index (χ3v) is 3.24. The highest BCUT2D eigenvalue weighted by atomic mass is 19.1. The molecule has 1 aliphatic rings. The number of nitrogen functional groups attached to an aromatic ring is 1. The molecule has 88 valence electrons. The number of nitrogens with two attached hydrogens (primary N) is 1. The second-order valence-electron chi connectivity index (χ2n) is 4.68. The molecule has 0 bridgehead atoms. The maximum absolute atomic E-state index is 13.2. The van der Waals surface area contributed by atoms with Crippen molar-refractivity contribution in [2.75, 3.05) is 5.73 Å². The van der Waals surface area contributed by atoms with E-state index in [1.54, 1.807) is 12.1 Å². The minimum absolute atomic E-state index is 0.171. The van der Waals surface area contributed by atoms with Crippen LogP contribution in [0.2, 0.25) is 0 Å². The van der Waals surface area contributed by atoms with Gasteiger partial charge in [-0.2, -0.15) is 0 Å². The molecule has 2 rings (SSSR count). The zero-order valence-electron chi connectivity index (χ0n) is 9.58. The smallest absolute Gasteiger partial charge is 0.149 e. The van der Waals surface area contributed by atoms with Crippen molar-refractivity contribution in [1.29, 1.82) is 0 Å². The Morgan fingerprint density at radius 3 is 2.56 bits per heavy atom. The molecule has 0 saturated heterocycles. The van der Waals surface area contributed by atoms with Crippen LogP contribution in [0, 0.1) is 11.7 Å². The quantitative estimate of drug-likeness (QED) is 0.780. The number of anilines is 1. The van der Waals surface area contributed by atoms with E-state index in [1.807, 2.05) is 0 Å². The fourth-order valence-corrected chi connectivity index (χ4v) is 2.12. The number of hydrogen-bond acceptors (Lipinski definition) is 2. The van der Waals surface area contributed by atoms with E-state index in [1.165, 1.54) is 18.9 Å². The van der Waals surface area contributed by atoms with Crippen molar-refractivity contribution in [1.82, 2.24) is 0 Å². The lowest BCUT2D eigenvalue weighted by molar-refractivity contribution is 0.135. The summed E-state index contributed by atoms with van der Waals surface area (Å²) in [5, 5.41) is 0. The van der Waals surface area contributed by atoms with Gasteiger partial charge in [0.15, 0.2) is 0 Å². The van der Waals surface area contributed by atoms with Gasteiger partial charge in [-0.3, -0.25) is 0 Å². The molecule has 1 saturated carbocycles. The first-order valence-corrected chi connectivity index (χ1v) is 5.87. The number of halogens is 1. The summed E-state index contributed by atoms with van der Waals surface area (Å²) >= 11 is 0. The zero-order chi connectivity index (χ0) is 11.5. The molecule has 1 aromatic carbocycles. The van der Waals surface area contributed by atoms with Gasteiger partial charge in [0.25, 0.3) is 0 Å². The van der Waals surface area contributed by atoms with E-state index in [-0.39, 0.29) is 11.8 Å². The highest BCUT2D eigenvalue weighted by Gasteiger charge is 2.19. The van der Waals surface area contributed by atoms with Crippen molar-refractivity contribution in [3.05, 3.63) is 24.0 Å². The lowest BCUT2D eigenvalue weighted by Gasteiger charge is -2.26. The molecule has 0 spiro atoms. The molecular weight excluding hydrogens is 205 g/mol. The van der Waals surface area contributed by atoms with Gasteiger partial charge in [0.05, 0.1) is 11.8 Å². The van der Waals surface area contributed by atoms with Crippen LogP contribution in [0.4, 0.5) is 10.1 Å². The van der Waals surface area contributed by atoms with Gasteiger partial charge in [0.2, 0.25) is 0 Å². The van der Waals surface area contributed by atoms with Crippen LogP contribution in [0.3, 0.4) is 0 Å². The van der Waals surface area contributed by atoms with Gasteiger partial charge in [-0.05, 0) is 43.7 Å². The van der Waals surface area contributed by atoms with E-state index in [4.69, 9.17) is 10.5 Å². The van der Waals surface area contributed by atoms with Crippen molar-refractivity contribution >= 4 is 5.69 Å². The minimum Gasteiger partial charge on any atom is -0.490 e. The summed E-state index contributed by atoms with van der Waals surface area (Å²) in [6.07, 6.45) is 4.75. The van der Waals surface area contributed by atoms with Crippen LogP contribution in [-0.4, -0.2) is 6.10 Å². The maximum atomic E-state index is 13.2. The Balaban J connectivity index is 1.96. The van der Waals surface area contributed by atoms with Gasteiger partial charge in [0, 0.05) is 6.07 Å². The highest BCUT2D eigenvalue weighted by Crippen LogP contribution is 2.28. The predicted octanol–water partition coefficient (Wildman–Crippen LogP) is 3.37. The molecule has 0 unspecified atom stereocenters. The summed E-state index contributed by atoms with van der Waals surface area (Å²) in [5.74, 6) is 0.982. The molecule has 1 aliphatic carbocycles. The van der Waals surface area contributed by atoms with Gasteiger partial charge in [-0.25, -0.2) is 4.39 Å². The molecule has 0 aliphatic heterocycles. The van der Waals surface area contributed by atoms with Gasteiger partial charge in [0.1, 0.15) is 11.6 Å². The molecule has 3 heteroatoms. The van der Waals surface area contributed by atoms with Gasteiger partial charge in [-0.1, -0.05) is 6.92 Å². The topological polar surface area (TPSA) is 35.2 Å². The first kappa shape index (κ1) is 11.2. The van der Waals surface area contributed by atoms with Gasteiger partial charge >= 0.3 is 0 Å². The van der Waals surface area contributed by atoms with Crippen molar-refractivity contribution < 1.29 is 9.13 Å². The standard InChI is InChI=1S/C13H18FNO/c1-9-2-4-10(5-3-9)16-11-6-7-13(15)12(14)8-11/h6-10H,2-5,15H2,1H3. The van der Waals surface area contributed by atoms with E-state index < -0.39 is 5.82 Å². The fraction of sp³-hybridized carbons (Fsp3) is 0.538. The van der Waals surface area contributed by atoms with Crippen molar-refractivity contribution in [3.63, 3.8) is 0 Å². The summed E-state index contributed by atoms with van der Waals surface area (Å²) in [6, 6.07) is 4.65. The molecule has 0 aromatic heterocycles. The van der Waals surface area contributed by atoms with Crippen LogP contribution in [0.5, 0.6) is 5.75 Å². The first-order valence-electron chi connectivity index (χ1n) is 5.87. The minimum atomic E-state index is -0.401. The Morgan fingerprint density at radius 2 is 1.94 bits per heavy atom. The van der Waals surface area contributed by atoms with Crippen molar-refractivity contribution in [2.24, 2.45) is 5.92 Å². The molecule has 2 nitrogen and oxygen atoms in total. The maximum Gasteiger partial charge on any atom is 0.149 e. The van der Waals surface area contributed by atoms with Crippen LogP contribution in [0.15, 0.2) is 18.2 Å². The molecule has 0 atom stereocenters. The normalized spacial score (nSPS) is 25.4. The summed E-state index contributed by atoms with van der Waals surface area (Å²) in [7, 11) is 0.